The molecule has 4 amide bonds. The molecule has 3 N–H and O–H groups in total. The molecule has 0 saturated carbocycles. The van der Waals surface area contributed by atoms with Crippen molar-refractivity contribution in [1.29, 1.82) is 0 Å². The van der Waals surface area contributed by atoms with Gasteiger partial charge in [-0.3, -0.25) is 24.6 Å². The number of hydrogen-bond donors (Lipinski definition) is 3. The van der Waals surface area contributed by atoms with E-state index in [1.165, 1.54) is 18.1 Å². The van der Waals surface area contributed by atoms with Crippen molar-refractivity contribution in [2.24, 2.45) is 0 Å². The molecular weight excluding hydrogens is 438 g/mol. The van der Waals surface area contributed by atoms with Crippen molar-refractivity contribution in [1.82, 2.24) is 10.6 Å². The SMILES string of the molecule is COc1ccc(C(=O)NCCOCCOCCOCCC(=O)O)cc1N1CCC(=O)NC1=O. The van der Waals surface area contributed by atoms with E-state index in [2.05, 4.69) is 10.6 Å². The van der Waals surface area contributed by atoms with Crippen LogP contribution in [0.15, 0.2) is 18.2 Å². The molecule has 1 aromatic carbocycles. The Morgan fingerprint density at radius 2 is 1.73 bits per heavy atom. The smallest absolute Gasteiger partial charge is 0.328 e. The van der Waals surface area contributed by atoms with E-state index < -0.39 is 12.0 Å². The summed E-state index contributed by atoms with van der Waals surface area (Å²) in [4.78, 5) is 47.7. The number of methoxy groups -OCH3 is 1. The molecule has 0 unspecified atom stereocenters. The molecule has 0 spiro atoms. The van der Waals surface area contributed by atoms with Gasteiger partial charge in [0.2, 0.25) is 5.91 Å². The first kappa shape index (κ1) is 26.0. The molecule has 0 atom stereocenters. The van der Waals surface area contributed by atoms with Crippen LogP contribution in [0.2, 0.25) is 0 Å². The molecule has 1 saturated heterocycles. The van der Waals surface area contributed by atoms with Crippen molar-refractivity contribution in [3.8, 4) is 5.75 Å². The number of carboxylic acids is 1. The minimum absolute atomic E-state index is 0.0404. The lowest BCUT2D eigenvalue weighted by molar-refractivity contribution is -0.138. The zero-order valence-electron chi connectivity index (χ0n) is 18.5. The summed E-state index contributed by atoms with van der Waals surface area (Å²) in [7, 11) is 1.46. The highest BCUT2D eigenvalue weighted by Crippen LogP contribution is 2.30. The summed E-state index contributed by atoms with van der Waals surface area (Å²) in [6, 6.07) is 4.14. The summed E-state index contributed by atoms with van der Waals surface area (Å²) in [6.07, 6.45) is 0.116. The van der Waals surface area contributed by atoms with E-state index in [0.717, 1.165) is 0 Å². The van der Waals surface area contributed by atoms with E-state index in [1.807, 2.05) is 0 Å². The molecule has 33 heavy (non-hydrogen) atoms. The summed E-state index contributed by atoms with van der Waals surface area (Å²) in [6.45, 7) is 2.22. The van der Waals surface area contributed by atoms with Gasteiger partial charge in [0.1, 0.15) is 5.75 Å². The van der Waals surface area contributed by atoms with Gasteiger partial charge in [0.05, 0.1) is 58.9 Å². The number of ether oxygens (including phenoxy) is 4. The molecule has 0 aromatic heterocycles. The maximum Gasteiger partial charge on any atom is 0.328 e. The summed E-state index contributed by atoms with van der Waals surface area (Å²) in [5.74, 6) is -1.19. The summed E-state index contributed by atoms with van der Waals surface area (Å²) >= 11 is 0. The largest absolute Gasteiger partial charge is 0.495 e. The molecule has 1 heterocycles. The highest BCUT2D eigenvalue weighted by Gasteiger charge is 2.27. The van der Waals surface area contributed by atoms with E-state index in [0.29, 0.717) is 43.4 Å². The second-order valence-electron chi connectivity index (χ2n) is 6.88. The average molecular weight is 467 g/mol. The molecule has 2 rings (SSSR count). The molecule has 1 fully saturated rings. The minimum atomic E-state index is -0.907. The lowest BCUT2D eigenvalue weighted by Crippen LogP contribution is -2.49. The van der Waals surface area contributed by atoms with Gasteiger partial charge in [-0.15, -0.1) is 0 Å². The van der Waals surface area contributed by atoms with E-state index in [9.17, 15) is 19.2 Å². The van der Waals surface area contributed by atoms with Crippen LogP contribution in [0.4, 0.5) is 10.5 Å². The lowest BCUT2D eigenvalue weighted by atomic mass is 10.1. The van der Waals surface area contributed by atoms with Crippen LogP contribution in [-0.4, -0.2) is 88.8 Å². The first-order valence-electron chi connectivity index (χ1n) is 10.4. The van der Waals surface area contributed by atoms with Crippen LogP contribution < -0.4 is 20.3 Å². The molecule has 0 radical (unpaired) electrons. The van der Waals surface area contributed by atoms with Gasteiger partial charge in [-0.25, -0.2) is 4.79 Å². The van der Waals surface area contributed by atoms with Crippen LogP contribution in [0, 0.1) is 0 Å². The molecule has 12 nitrogen and oxygen atoms in total. The molecule has 1 aliphatic rings. The minimum Gasteiger partial charge on any atom is -0.495 e. The Morgan fingerprint density at radius 1 is 1.06 bits per heavy atom. The van der Waals surface area contributed by atoms with Crippen molar-refractivity contribution >= 4 is 29.5 Å². The van der Waals surface area contributed by atoms with Crippen molar-refractivity contribution in [3.05, 3.63) is 23.8 Å². The Kier molecular flexibility index (Phi) is 11.1. The zero-order chi connectivity index (χ0) is 24.1. The fourth-order valence-electron chi connectivity index (χ4n) is 2.88. The number of rotatable bonds is 15. The van der Waals surface area contributed by atoms with Gasteiger partial charge < -0.3 is 29.4 Å². The molecule has 12 heteroatoms. The van der Waals surface area contributed by atoms with Crippen LogP contribution in [0.5, 0.6) is 5.75 Å². The Balaban J connectivity index is 1.67. The average Bonchev–Trinajstić information content (AvgIpc) is 2.79. The number of carboxylic acid groups (broad SMARTS) is 1. The van der Waals surface area contributed by atoms with Gasteiger partial charge in [-0.2, -0.15) is 0 Å². The van der Waals surface area contributed by atoms with Crippen LogP contribution >= 0.6 is 0 Å². The maximum absolute atomic E-state index is 12.5. The topological polar surface area (TPSA) is 153 Å². The second kappa shape index (κ2) is 14.0. The van der Waals surface area contributed by atoms with Crippen molar-refractivity contribution in [3.63, 3.8) is 0 Å². The predicted octanol–water partition coefficient (Wildman–Crippen LogP) is 0.396. The zero-order valence-corrected chi connectivity index (χ0v) is 18.5. The highest BCUT2D eigenvalue weighted by atomic mass is 16.5. The van der Waals surface area contributed by atoms with E-state index in [1.54, 1.807) is 12.1 Å². The third-order valence-electron chi connectivity index (χ3n) is 4.52. The fourth-order valence-corrected chi connectivity index (χ4v) is 2.88. The number of imide groups is 1. The number of anilines is 1. The van der Waals surface area contributed by atoms with Crippen LogP contribution in [-0.2, 0) is 23.8 Å². The summed E-state index contributed by atoms with van der Waals surface area (Å²) < 4.78 is 21.1. The van der Waals surface area contributed by atoms with Gasteiger partial charge in [-0.05, 0) is 18.2 Å². The summed E-state index contributed by atoms with van der Waals surface area (Å²) in [5, 5.41) is 13.5. The number of amides is 4. The van der Waals surface area contributed by atoms with E-state index in [-0.39, 0.29) is 51.0 Å². The Hall–Kier alpha value is -3.22. The van der Waals surface area contributed by atoms with Crippen LogP contribution in [0.25, 0.3) is 0 Å². The van der Waals surface area contributed by atoms with Crippen LogP contribution in [0.3, 0.4) is 0 Å². The van der Waals surface area contributed by atoms with Gasteiger partial charge in [0, 0.05) is 25.1 Å². The Labute approximate surface area is 191 Å². The summed E-state index contributed by atoms with van der Waals surface area (Å²) in [5.41, 5.74) is 0.734. The Bertz CT molecular complexity index is 831. The van der Waals surface area contributed by atoms with Crippen LogP contribution in [0.1, 0.15) is 23.2 Å². The third-order valence-corrected chi connectivity index (χ3v) is 4.52. The molecular formula is C21H29N3O9. The number of hydrogen-bond acceptors (Lipinski definition) is 8. The monoisotopic (exact) mass is 467 g/mol. The number of nitrogens with zero attached hydrogens (tertiary/aromatic N) is 1. The third kappa shape index (κ3) is 9.04. The first-order chi connectivity index (χ1) is 15.9. The molecule has 1 aromatic rings. The Morgan fingerprint density at radius 3 is 2.36 bits per heavy atom. The van der Waals surface area contributed by atoms with Crippen molar-refractivity contribution in [2.75, 3.05) is 64.7 Å². The van der Waals surface area contributed by atoms with Crippen molar-refractivity contribution in [2.45, 2.75) is 12.8 Å². The van der Waals surface area contributed by atoms with Gasteiger partial charge in [0.25, 0.3) is 5.91 Å². The predicted molar refractivity (Wildman–Crippen MR) is 116 cm³/mol. The lowest BCUT2D eigenvalue weighted by Gasteiger charge is -2.28. The van der Waals surface area contributed by atoms with Gasteiger partial charge >= 0.3 is 12.0 Å². The number of urea groups is 1. The fraction of sp³-hybridized carbons (Fsp3) is 0.524. The van der Waals surface area contributed by atoms with E-state index in [4.69, 9.17) is 24.1 Å². The number of carbonyl (C=O) groups is 4. The van der Waals surface area contributed by atoms with Gasteiger partial charge in [0.15, 0.2) is 0 Å². The molecule has 182 valence electrons. The number of nitrogens with one attached hydrogen (secondary N) is 2. The standard InChI is InChI=1S/C21H29N3O9/c1-30-17-3-2-15(14-16(17)24-7-4-18(25)23-21(24)29)20(28)22-6-9-32-11-13-33-12-10-31-8-5-19(26)27/h2-3,14H,4-13H2,1H3,(H,22,28)(H,26,27)(H,23,25,29). The molecule has 1 aliphatic heterocycles. The molecule has 0 bridgehead atoms. The normalized spacial score (nSPS) is 13.5. The molecule has 0 aliphatic carbocycles. The highest BCUT2D eigenvalue weighted by molar-refractivity contribution is 6.07. The van der Waals surface area contributed by atoms with Crippen molar-refractivity contribution < 1.29 is 43.2 Å². The second-order valence-corrected chi connectivity index (χ2v) is 6.88. The van der Waals surface area contributed by atoms with Gasteiger partial charge in [-0.1, -0.05) is 0 Å². The number of aliphatic carboxylic acids is 1. The first-order valence-corrected chi connectivity index (χ1v) is 10.4. The number of benzene rings is 1. The quantitative estimate of drug-likeness (QED) is 0.311. The van der Waals surface area contributed by atoms with E-state index >= 15 is 0 Å². The number of carbonyl (C=O) groups excluding carboxylic acids is 3. The maximum atomic E-state index is 12.5.